The molecule has 5 heteroatoms. The van der Waals surface area contributed by atoms with E-state index in [4.69, 9.17) is 0 Å². The predicted octanol–water partition coefficient (Wildman–Crippen LogP) is 3.81. The van der Waals surface area contributed by atoms with Gasteiger partial charge in [0.25, 0.3) is 0 Å². The topological polar surface area (TPSA) is 41.1 Å². The van der Waals surface area contributed by atoms with Crippen molar-refractivity contribution in [2.45, 2.75) is 63.8 Å². The van der Waals surface area contributed by atoms with Crippen LogP contribution in [0.4, 0.5) is 8.78 Å². The number of hydrogen-bond donors (Lipinski definition) is 2. The summed E-state index contributed by atoms with van der Waals surface area (Å²) < 4.78 is 26.8. The zero-order valence-corrected chi connectivity index (χ0v) is 14.9. The van der Waals surface area contributed by atoms with Gasteiger partial charge in [-0.05, 0) is 87.1 Å². The summed E-state index contributed by atoms with van der Waals surface area (Å²) >= 11 is 0. The molecule has 0 unspecified atom stereocenters. The molecule has 3 nitrogen and oxygen atoms in total. The molecule has 1 saturated carbocycles. The quantitative estimate of drug-likeness (QED) is 0.848. The lowest BCUT2D eigenvalue weighted by atomic mass is 9.76. The van der Waals surface area contributed by atoms with Gasteiger partial charge in [-0.25, -0.2) is 8.78 Å². The fourth-order valence-electron chi connectivity index (χ4n) is 4.31. The third-order valence-electron chi connectivity index (χ3n) is 5.83. The molecular formula is C20H28F2N2O. The van der Waals surface area contributed by atoms with Crippen LogP contribution < -0.4 is 10.6 Å². The van der Waals surface area contributed by atoms with Crippen molar-refractivity contribution in [2.75, 3.05) is 13.1 Å². The number of amides is 1. The van der Waals surface area contributed by atoms with E-state index in [1.54, 1.807) is 0 Å². The van der Waals surface area contributed by atoms with Gasteiger partial charge in [0.15, 0.2) is 11.6 Å². The maximum Gasteiger partial charge on any atom is 0.221 e. The Morgan fingerprint density at radius 2 is 1.84 bits per heavy atom. The highest BCUT2D eigenvalue weighted by Gasteiger charge is 2.25. The minimum absolute atomic E-state index is 0.145. The van der Waals surface area contributed by atoms with Crippen LogP contribution in [-0.4, -0.2) is 25.0 Å². The van der Waals surface area contributed by atoms with E-state index in [0.29, 0.717) is 24.3 Å². The number of aryl methyl sites for hydroxylation is 1. The molecule has 1 atom stereocenters. The SMILES string of the molecule is Cc1cc(F)c(F)cc1C1CCC(CCN[C@@H]2CCNC(=O)C2)CC1. The smallest absolute Gasteiger partial charge is 0.221 e. The number of benzene rings is 1. The van der Waals surface area contributed by atoms with Crippen molar-refractivity contribution in [3.63, 3.8) is 0 Å². The van der Waals surface area contributed by atoms with E-state index in [9.17, 15) is 13.6 Å². The number of piperidine rings is 1. The van der Waals surface area contributed by atoms with E-state index in [-0.39, 0.29) is 5.91 Å². The maximum absolute atomic E-state index is 13.6. The molecule has 138 valence electrons. The molecule has 2 N–H and O–H groups in total. The summed E-state index contributed by atoms with van der Waals surface area (Å²) in [5.41, 5.74) is 1.84. The van der Waals surface area contributed by atoms with E-state index in [1.165, 1.54) is 12.1 Å². The summed E-state index contributed by atoms with van der Waals surface area (Å²) in [5, 5.41) is 6.37. The first-order valence-corrected chi connectivity index (χ1v) is 9.48. The minimum Gasteiger partial charge on any atom is -0.356 e. The van der Waals surface area contributed by atoms with Crippen LogP contribution in [0.1, 0.15) is 62.0 Å². The molecule has 0 aromatic heterocycles. The molecule has 1 amide bonds. The second-order valence-electron chi connectivity index (χ2n) is 7.62. The average molecular weight is 350 g/mol. The highest BCUT2D eigenvalue weighted by Crippen LogP contribution is 2.38. The molecule has 3 rings (SSSR count). The van der Waals surface area contributed by atoms with Crippen LogP contribution >= 0.6 is 0 Å². The fraction of sp³-hybridized carbons (Fsp3) is 0.650. The van der Waals surface area contributed by atoms with Crippen LogP contribution in [0.2, 0.25) is 0 Å². The van der Waals surface area contributed by atoms with Gasteiger partial charge in [0.2, 0.25) is 5.91 Å². The van der Waals surface area contributed by atoms with Crippen molar-refractivity contribution < 1.29 is 13.6 Å². The van der Waals surface area contributed by atoms with Crippen LogP contribution in [0.5, 0.6) is 0 Å². The average Bonchev–Trinajstić information content (AvgIpc) is 2.59. The molecule has 0 spiro atoms. The first kappa shape index (κ1) is 18.3. The van der Waals surface area contributed by atoms with Gasteiger partial charge < -0.3 is 10.6 Å². The standard InChI is InChI=1S/C20H28F2N2O/c1-13-10-18(21)19(22)12-17(13)15-4-2-14(3-5-15)6-8-23-16-7-9-24-20(25)11-16/h10,12,14-16,23H,2-9,11H2,1H3,(H,24,25)/t14?,15?,16-/m1/s1. The highest BCUT2D eigenvalue weighted by molar-refractivity contribution is 5.77. The first-order valence-electron chi connectivity index (χ1n) is 9.48. The molecule has 1 aromatic carbocycles. The summed E-state index contributed by atoms with van der Waals surface area (Å²) in [5.74, 6) is -0.305. The number of halogens is 2. The molecule has 1 aliphatic heterocycles. The summed E-state index contributed by atoms with van der Waals surface area (Å²) in [7, 11) is 0. The molecule has 0 bridgehead atoms. The lowest BCUT2D eigenvalue weighted by Gasteiger charge is -2.30. The Kier molecular flexibility index (Phi) is 6.05. The molecule has 1 heterocycles. The number of carbonyl (C=O) groups excluding carboxylic acids is 1. The summed E-state index contributed by atoms with van der Waals surface area (Å²) in [6.45, 7) is 3.60. The largest absolute Gasteiger partial charge is 0.356 e. The zero-order chi connectivity index (χ0) is 17.8. The number of rotatable bonds is 5. The van der Waals surface area contributed by atoms with Gasteiger partial charge >= 0.3 is 0 Å². The minimum atomic E-state index is -0.752. The summed E-state index contributed by atoms with van der Waals surface area (Å²) in [4.78, 5) is 11.4. The van der Waals surface area contributed by atoms with E-state index in [1.807, 2.05) is 6.92 Å². The van der Waals surface area contributed by atoms with Gasteiger partial charge in [0.1, 0.15) is 0 Å². The Bertz CT molecular complexity index is 612. The lowest BCUT2D eigenvalue weighted by Crippen LogP contribution is -2.43. The van der Waals surface area contributed by atoms with Crippen LogP contribution in [0.15, 0.2) is 12.1 Å². The van der Waals surface area contributed by atoms with Gasteiger partial charge in [-0.2, -0.15) is 0 Å². The van der Waals surface area contributed by atoms with Gasteiger partial charge in [-0.3, -0.25) is 4.79 Å². The predicted molar refractivity (Wildman–Crippen MR) is 94.4 cm³/mol. The van der Waals surface area contributed by atoms with Crippen molar-refractivity contribution in [3.05, 3.63) is 34.9 Å². The Morgan fingerprint density at radius 3 is 2.56 bits per heavy atom. The van der Waals surface area contributed by atoms with E-state index in [0.717, 1.165) is 62.7 Å². The zero-order valence-electron chi connectivity index (χ0n) is 14.9. The normalized spacial score (nSPS) is 27.2. The Labute approximate surface area is 148 Å². The monoisotopic (exact) mass is 350 g/mol. The van der Waals surface area contributed by atoms with Crippen LogP contribution in [0.3, 0.4) is 0 Å². The Hall–Kier alpha value is -1.49. The fourth-order valence-corrected chi connectivity index (χ4v) is 4.31. The molecule has 2 aliphatic rings. The van der Waals surface area contributed by atoms with Crippen LogP contribution in [-0.2, 0) is 4.79 Å². The van der Waals surface area contributed by atoms with Crippen molar-refractivity contribution >= 4 is 5.91 Å². The molecular weight excluding hydrogens is 322 g/mol. The van der Waals surface area contributed by atoms with E-state index < -0.39 is 11.6 Å². The van der Waals surface area contributed by atoms with Gasteiger partial charge in [-0.15, -0.1) is 0 Å². The van der Waals surface area contributed by atoms with Crippen LogP contribution in [0, 0.1) is 24.5 Å². The maximum atomic E-state index is 13.6. The molecule has 0 radical (unpaired) electrons. The lowest BCUT2D eigenvalue weighted by molar-refractivity contribution is -0.122. The second-order valence-corrected chi connectivity index (χ2v) is 7.62. The number of nitrogens with one attached hydrogen (secondary N) is 2. The van der Waals surface area contributed by atoms with E-state index in [2.05, 4.69) is 10.6 Å². The molecule has 1 aromatic rings. The van der Waals surface area contributed by atoms with Crippen molar-refractivity contribution in [2.24, 2.45) is 5.92 Å². The summed E-state index contributed by atoms with van der Waals surface area (Å²) in [6, 6.07) is 3.03. The molecule has 1 saturated heterocycles. The van der Waals surface area contributed by atoms with Gasteiger partial charge in [0.05, 0.1) is 0 Å². The third kappa shape index (κ3) is 4.78. The summed E-state index contributed by atoms with van der Waals surface area (Å²) in [6.07, 6.45) is 7.08. The van der Waals surface area contributed by atoms with Crippen molar-refractivity contribution in [3.8, 4) is 0 Å². The Balaban J connectivity index is 1.43. The highest BCUT2D eigenvalue weighted by atomic mass is 19.2. The van der Waals surface area contributed by atoms with Crippen molar-refractivity contribution in [1.82, 2.24) is 10.6 Å². The molecule has 1 aliphatic carbocycles. The van der Waals surface area contributed by atoms with E-state index >= 15 is 0 Å². The van der Waals surface area contributed by atoms with Gasteiger partial charge in [0, 0.05) is 19.0 Å². The van der Waals surface area contributed by atoms with Crippen molar-refractivity contribution in [1.29, 1.82) is 0 Å². The van der Waals surface area contributed by atoms with Crippen LogP contribution in [0.25, 0.3) is 0 Å². The number of hydrogen-bond acceptors (Lipinski definition) is 2. The third-order valence-corrected chi connectivity index (χ3v) is 5.83. The first-order chi connectivity index (χ1) is 12.0. The van der Waals surface area contributed by atoms with Gasteiger partial charge in [-0.1, -0.05) is 0 Å². The Morgan fingerprint density at radius 1 is 1.12 bits per heavy atom. The molecule has 25 heavy (non-hydrogen) atoms. The number of carbonyl (C=O) groups is 1. The molecule has 2 fully saturated rings. The second kappa shape index (κ2) is 8.26.